The molecule has 0 radical (unpaired) electrons. The van der Waals surface area contributed by atoms with Gasteiger partial charge in [0.15, 0.2) is 0 Å². The van der Waals surface area contributed by atoms with E-state index in [1.165, 1.54) is 4.68 Å². The van der Waals surface area contributed by atoms with E-state index in [1.54, 1.807) is 7.05 Å². The molecule has 0 saturated heterocycles. The molecule has 1 rings (SSSR count). The van der Waals surface area contributed by atoms with Crippen molar-refractivity contribution in [1.82, 2.24) is 14.8 Å². The number of nitrogens with two attached hydrogens (primary N) is 1. The molecule has 0 aliphatic rings. The molecule has 0 atom stereocenters. The second kappa shape index (κ2) is 2.55. The topological polar surface area (TPSA) is 66.0 Å². The number of ether oxygens (including phenoxy) is 1. The molecule has 0 aromatic carbocycles. The van der Waals surface area contributed by atoms with Crippen molar-refractivity contribution < 1.29 is 4.74 Å². The Morgan fingerprint density at radius 2 is 2.40 bits per heavy atom. The predicted octanol–water partition coefficient (Wildman–Crippen LogP) is -0.204. The van der Waals surface area contributed by atoms with Crippen LogP contribution in [0.15, 0.2) is 0 Å². The first-order chi connectivity index (χ1) is 4.74. The lowest BCUT2D eigenvalue weighted by Crippen LogP contribution is -1.97. The van der Waals surface area contributed by atoms with Crippen molar-refractivity contribution in [3.05, 3.63) is 0 Å². The highest BCUT2D eigenvalue weighted by Gasteiger charge is 2.01. The summed E-state index contributed by atoms with van der Waals surface area (Å²) in [7, 11) is 1.71. The third kappa shape index (κ3) is 1.18. The summed E-state index contributed by atoms with van der Waals surface area (Å²) in [5.41, 5.74) is 5.38. The summed E-state index contributed by atoms with van der Waals surface area (Å²) >= 11 is 0. The standard InChI is InChI=1S/C5H10N4O/c1-3-10-5-7-4(6)9(2)8-5/h3H2,1-2H3,(H2,6,7,8). The number of hydrogen-bond donors (Lipinski definition) is 1. The summed E-state index contributed by atoms with van der Waals surface area (Å²) in [5, 5.41) is 3.86. The van der Waals surface area contributed by atoms with Crippen molar-refractivity contribution in [3.8, 4) is 6.01 Å². The van der Waals surface area contributed by atoms with Gasteiger partial charge in [-0.1, -0.05) is 0 Å². The van der Waals surface area contributed by atoms with Crippen LogP contribution in [0, 0.1) is 0 Å². The molecule has 0 fully saturated rings. The maximum absolute atomic E-state index is 5.38. The third-order valence-corrected chi connectivity index (χ3v) is 1.05. The van der Waals surface area contributed by atoms with E-state index in [1.807, 2.05) is 6.92 Å². The predicted molar refractivity (Wildman–Crippen MR) is 36.6 cm³/mol. The van der Waals surface area contributed by atoms with E-state index >= 15 is 0 Å². The average molecular weight is 142 g/mol. The smallest absolute Gasteiger partial charge is 0.337 e. The summed E-state index contributed by atoms with van der Waals surface area (Å²) in [6.45, 7) is 2.43. The molecule has 2 N–H and O–H groups in total. The van der Waals surface area contributed by atoms with Crippen LogP contribution >= 0.6 is 0 Å². The average Bonchev–Trinajstić information content (AvgIpc) is 2.14. The number of aromatic nitrogens is 3. The molecule has 10 heavy (non-hydrogen) atoms. The fourth-order valence-corrected chi connectivity index (χ4v) is 0.563. The van der Waals surface area contributed by atoms with Gasteiger partial charge in [0.25, 0.3) is 0 Å². The molecule has 5 nitrogen and oxygen atoms in total. The third-order valence-electron chi connectivity index (χ3n) is 1.05. The molecule has 0 unspecified atom stereocenters. The minimum absolute atomic E-state index is 0.336. The van der Waals surface area contributed by atoms with E-state index in [2.05, 4.69) is 10.1 Å². The summed E-state index contributed by atoms with van der Waals surface area (Å²) in [5.74, 6) is 0.364. The maximum atomic E-state index is 5.38. The summed E-state index contributed by atoms with van der Waals surface area (Å²) in [6, 6.07) is 0.336. The minimum Gasteiger partial charge on any atom is -0.463 e. The zero-order valence-electron chi connectivity index (χ0n) is 6.03. The van der Waals surface area contributed by atoms with Gasteiger partial charge in [-0.2, -0.15) is 4.98 Å². The molecule has 1 aromatic heterocycles. The zero-order chi connectivity index (χ0) is 7.56. The summed E-state index contributed by atoms with van der Waals surface area (Å²) < 4.78 is 6.45. The lowest BCUT2D eigenvalue weighted by Gasteiger charge is -1.91. The fraction of sp³-hybridized carbons (Fsp3) is 0.600. The molecule has 0 spiro atoms. The molecular weight excluding hydrogens is 132 g/mol. The van der Waals surface area contributed by atoms with Crippen LogP contribution in [0.4, 0.5) is 5.95 Å². The minimum atomic E-state index is 0.336. The Bertz CT molecular complexity index is 200. The second-order valence-corrected chi connectivity index (χ2v) is 1.81. The summed E-state index contributed by atoms with van der Waals surface area (Å²) in [4.78, 5) is 3.81. The van der Waals surface area contributed by atoms with E-state index in [0.717, 1.165) is 0 Å². The quantitative estimate of drug-likeness (QED) is 0.620. The molecule has 5 heteroatoms. The van der Waals surface area contributed by atoms with Gasteiger partial charge in [0.2, 0.25) is 5.95 Å². The molecular formula is C5H10N4O. The van der Waals surface area contributed by atoms with E-state index in [-0.39, 0.29) is 0 Å². The number of anilines is 1. The lowest BCUT2D eigenvalue weighted by molar-refractivity contribution is 0.311. The van der Waals surface area contributed by atoms with Crippen molar-refractivity contribution in [3.63, 3.8) is 0 Å². The van der Waals surface area contributed by atoms with Crippen LogP contribution in [0.25, 0.3) is 0 Å². The fourth-order valence-electron chi connectivity index (χ4n) is 0.563. The maximum Gasteiger partial charge on any atom is 0.337 e. The Hall–Kier alpha value is -1.26. The largest absolute Gasteiger partial charge is 0.463 e. The first-order valence-electron chi connectivity index (χ1n) is 3.03. The molecule has 0 amide bonds. The van der Waals surface area contributed by atoms with Gasteiger partial charge in [0, 0.05) is 7.05 Å². The lowest BCUT2D eigenvalue weighted by atomic mass is 10.9. The van der Waals surface area contributed by atoms with Crippen LogP contribution in [0.5, 0.6) is 6.01 Å². The van der Waals surface area contributed by atoms with Crippen molar-refractivity contribution in [2.45, 2.75) is 6.92 Å². The Labute approximate surface area is 58.8 Å². The van der Waals surface area contributed by atoms with Crippen LogP contribution in [0.1, 0.15) is 6.92 Å². The van der Waals surface area contributed by atoms with Crippen LogP contribution < -0.4 is 10.5 Å². The molecule has 0 saturated carbocycles. The van der Waals surface area contributed by atoms with Crippen molar-refractivity contribution >= 4 is 5.95 Å². The van der Waals surface area contributed by atoms with E-state index in [0.29, 0.717) is 18.6 Å². The van der Waals surface area contributed by atoms with Crippen molar-refractivity contribution in [1.29, 1.82) is 0 Å². The van der Waals surface area contributed by atoms with Crippen LogP contribution in [-0.4, -0.2) is 21.4 Å². The first kappa shape index (κ1) is 6.85. The first-order valence-corrected chi connectivity index (χ1v) is 3.03. The Morgan fingerprint density at radius 1 is 1.70 bits per heavy atom. The van der Waals surface area contributed by atoms with Crippen molar-refractivity contribution in [2.24, 2.45) is 7.05 Å². The second-order valence-electron chi connectivity index (χ2n) is 1.81. The zero-order valence-corrected chi connectivity index (χ0v) is 6.03. The monoisotopic (exact) mass is 142 g/mol. The number of nitrogens with zero attached hydrogens (tertiary/aromatic N) is 3. The van der Waals surface area contributed by atoms with E-state index in [9.17, 15) is 0 Å². The Morgan fingerprint density at radius 3 is 2.80 bits per heavy atom. The van der Waals surface area contributed by atoms with E-state index < -0.39 is 0 Å². The van der Waals surface area contributed by atoms with Gasteiger partial charge in [0.05, 0.1) is 6.61 Å². The number of aryl methyl sites for hydroxylation is 1. The SMILES string of the molecule is CCOc1nc(N)n(C)n1. The summed E-state index contributed by atoms with van der Waals surface area (Å²) in [6.07, 6.45) is 0. The normalized spacial score (nSPS) is 9.80. The number of rotatable bonds is 2. The molecule has 0 aliphatic heterocycles. The van der Waals surface area contributed by atoms with Crippen LogP contribution in [0.2, 0.25) is 0 Å². The van der Waals surface area contributed by atoms with Crippen LogP contribution in [-0.2, 0) is 7.05 Å². The van der Waals surface area contributed by atoms with Crippen LogP contribution in [0.3, 0.4) is 0 Å². The number of nitrogen functional groups attached to an aromatic ring is 1. The van der Waals surface area contributed by atoms with Gasteiger partial charge in [-0.3, -0.25) is 0 Å². The molecule has 1 heterocycles. The van der Waals surface area contributed by atoms with Gasteiger partial charge in [-0.15, -0.1) is 5.10 Å². The Kier molecular flexibility index (Phi) is 1.75. The molecule has 1 aromatic rings. The molecule has 0 bridgehead atoms. The highest BCUT2D eigenvalue weighted by Crippen LogP contribution is 2.04. The highest BCUT2D eigenvalue weighted by atomic mass is 16.5. The number of hydrogen-bond acceptors (Lipinski definition) is 4. The molecule has 56 valence electrons. The van der Waals surface area contributed by atoms with Gasteiger partial charge < -0.3 is 10.5 Å². The highest BCUT2D eigenvalue weighted by molar-refractivity contribution is 5.17. The molecule has 0 aliphatic carbocycles. The van der Waals surface area contributed by atoms with Crippen molar-refractivity contribution in [2.75, 3.05) is 12.3 Å². The Balaban J connectivity index is 2.77. The van der Waals surface area contributed by atoms with Gasteiger partial charge in [0.1, 0.15) is 0 Å². The van der Waals surface area contributed by atoms with Gasteiger partial charge in [-0.25, -0.2) is 4.68 Å². The van der Waals surface area contributed by atoms with E-state index in [4.69, 9.17) is 10.5 Å². The van der Waals surface area contributed by atoms with Gasteiger partial charge in [-0.05, 0) is 6.92 Å². The van der Waals surface area contributed by atoms with Gasteiger partial charge >= 0.3 is 6.01 Å².